The number of hydrogen-bond donors (Lipinski definition) is 3. The summed E-state index contributed by atoms with van der Waals surface area (Å²) in [5.74, 6) is -0.427. The third-order valence-electron chi connectivity index (χ3n) is 5.28. The predicted molar refractivity (Wildman–Crippen MR) is 146 cm³/mol. The molecule has 0 saturated carbocycles. The van der Waals surface area contributed by atoms with Gasteiger partial charge in [0, 0.05) is 11.4 Å². The van der Waals surface area contributed by atoms with Crippen LogP contribution in [0.1, 0.15) is 17.0 Å². The van der Waals surface area contributed by atoms with Gasteiger partial charge in [0.15, 0.2) is 11.7 Å². The number of carbonyl (C=O) groups is 2. The van der Waals surface area contributed by atoms with Crippen LogP contribution in [-0.4, -0.2) is 23.5 Å². The SMILES string of the molecule is O=C(COc1ccccc1)Nc1cccc(NC(=S)NC(=O)C(c2ccccc2)c2ccccc2)c1. The Morgan fingerprint density at radius 1 is 0.694 bits per heavy atom. The number of carbonyl (C=O) groups excluding carboxylic acids is 2. The summed E-state index contributed by atoms with van der Waals surface area (Å²) >= 11 is 5.41. The molecule has 4 aromatic rings. The van der Waals surface area contributed by atoms with Crippen molar-refractivity contribution in [2.75, 3.05) is 17.2 Å². The van der Waals surface area contributed by atoms with Crippen molar-refractivity contribution in [2.45, 2.75) is 5.92 Å². The van der Waals surface area contributed by atoms with Crippen molar-refractivity contribution < 1.29 is 14.3 Å². The van der Waals surface area contributed by atoms with E-state index < -0.39 is 5.92 Å². The maximum atomic E-state index is 13.2. The topological polar surface area (TPSA) is 79.5 Å². The highest BCUT2D eigenvalue weighted by atomic mass is 32.1. The van der Waals surface area contributed by atoms with Gasteiger partial charge in [0.25, 0.3) is 5.91 Å². The number of benzene rings is 4. The van der Waals surface area contributed by atoms with Crippen molar-refractivity contribution in [1.29, 1.82) is 0 Å². The molecule has 0 aliphatic rings. The molecule has 2 amide bonds. The molecule has 4 aromatic carbocycles. The largest absolute Gasteiger partial charge is 0.484 e. The van der Waals surface area contributed by atoms with E-state index in [0.717, 1.165) is 11.1 Å². The number of nitrogens with one attached hydrogen (secondary N) is 3. The van der Waals surface area contributed by atoms with Crippen molar-refractivity contribution in [3.63, 3.8) is 0 Å². The molecule has 3 N–H and O–H groups in total. The first-order chi connectivity index (χ1) is 17.6. The van der Waals surface area contributed by atoms with Crippen LogP contribution in [0.3, 0.4) is 0 Å². The standard InChI is InChI=1S/C29H25N3O3S/c33-26(20-35-25-17-8-3-9-18-25)30-23-15-10-16-24(19-23)31-29(36)32-28(34)27(21-11-4-1-5-12-21)22-13-6-2-7-14-22/h1-19,27H,20H2,(H,30,33)(H2,31,32,34,36). The molecule has 0 spiro atoms. The van der Waals surface area contributed by atoms with Crippen LogP contribution in [0.25, 0.3) is 0 Å². The van der Waals surface area contributed by atoms with Gasteiger partial charge >= 0.3 is 0 Å². The number of hydrogen-bond acceptors (Lipinski definition) is 4. The van der Waals surface area contributed by atoms with Gasteiger partial charge in [0.05, 0.1) is 5.92 Å². The summed E-state index contributed by atoms with van der Waals surface area (Å²) in [5, 5.41) is 8.77. The smallest absolute Gasteiger partial charge is 0.262 e. The summed E-state index contributed by atoms with van der Waals surface area (Å²) in [6.45, 7) is -0.115. The summed E-state index contributed by atoms with van der Waals surface area (Å²) in [4.78, 5) is 25.5. The van der Waals surface area contributed by atoms with Gasteiger partial charge in [-0.3, -0.25) is 9.59 Å². The van der Waals surface area contributed by atoms with Gasteiger partial charge in [-0.2, -0.15) is 0 Å². The first-order valence-corrected chi connectivity index (χ1v) is 11.8. The van der Waals surface area contributed by atoms with Gasteiger partial charge in [-0.25, -0.2) is 0 Å². The number of para-hydroxylation sites is 1. The molecule has 0 heterocycles. The van der Waals surface area contributed by atoms with Crippen LogP contribution < -0.4 is 20.7 Å². The van der Waals surface area contributed by atoms with Gasteiger partial charge in [0.1, 0.15) is 5.75 Å². The lowest BCUT2D eigenvalue weighted by molar-refractivity contribution is -0.120. The average molecular weight is 496 g/mol. The minimum atomic E-state index is -0.512. The van der Waals surface area contributed by atoms with Gasteiger partial charge in [0.2, 0.25) is 5.91 Å². The summed E-state index contributed by atoms with van der Waals surface area (Å²) in [7, 11) is 0. The average Bonchev–Trinajstić information content (AvgIpc) is 2.89. The monoisotopic (exact) mass is 495 g/mol. The molecule has 180 valence electrons. The van der Waals surface area contributed by atoms with E-state index >= 15 is 0 Å². The highest BCUT2D eigenvalue weighted by Crippen LogP contribution is 2.25. The molecule has 0 radical (unpaired) electrons. The highest BCUT2D eigenvalue weighted by molar-refractivity contribution is 7.80. The van der Waals surface area contributed by atoms with Crippen LogP contribution in [0.15, 0.2) is 115 Å². The minimum Gasteiger partial charge on any atom is -0.484 e. The summed E-state index contributed by atoms with van der Waals surface area (Å²) in [6, 6.07) is 35.3. The number of anilines is 2. The van der Waals surface area contributed by atoms with E-state index in [-0.39, 0.29) is 23.5 Å². The molecule has 0 fully saturated rings. The zero-order chi connectivity index (χ0) is 25.2. The van der Waals surface area contributed by atoms with Gasteiger partial charge in [-0.1, -0.05) is 84.9 Å². The van der Waals surface area contributed by atoms with Gasteiger partial charge in [-0.05, 0) is 53.7 Å². The second-order valence-corrected chi connectivity index (χ2v) is 8.34. The lowest BCUT2D eigenvalue weighted by Gasteiger charge is -2.19. The quantitative estimate of drug-likeness (QED) is 0.287. The van der Waals surface area contributed by atoms with Crippen LogP contribution in [0, 0.1) is 0 Å². The van der Waals surface area contributed by atoms with Crippen LogP contribution in [-0.2, 0) is 9.59 Å². The molecule has 0 aliphatic carbocycles. The number of thiocarbonyl (C=S) groups is 1. The van der Waals surface area contributed by atoms with E-state index in [1.54, 1.807) is 36.4 Å². The Bertz CT molecular complexity index is 1280. The Kier molecular flexibility index (Phi) is 8.40. The van der Waals surface area contributed by atoms with Crippen molar-refractivity contribution in [3.8, 4) is 5.75 Å². The van der Waals surface area contributed by atoms with E-state index in [4.69, 9.17) is 17.0 Å². The van der Waals surface area contributed by atoms with E-state index in [9.17, 15) is 9.59 Å². The third-order valence-corrected chi connectivity index (χ3v) is 5.49. The molecular weight excluding hydrogens is 470 g/mol. The number of rotatable bonds is 8. The number of amides is 2. The fraction of sp³-hybridized carbons (Fsp3) is 0.0690. The van der Waals surface area contributed by atoms with Crippen LogP contribution in [0.5, 0.6) is 5.75 Å². The van der Waals surface area contributed by atoms with E-state index in [1.165, 1.54) is 0 Å². The molecule has 0 bridgehead atoms. The molecule has 0 atom stereocenters. The lowest BCUT2D eigenvalue weighted by Crippen LogP contribution is -2.37. The zero-order valence-electron chi connectivity index (χ0n) is 19.4. The van der Waals surface area contributed by atoms with Gasteiger partial charge < -0.3 is 20.7 Å². The number of ether oxygens (including phenoxy) is 1. The van der Waals surface area contributed by atoms with Crippen molar-refractivity contribution >= 4 is 40.5 Å². The van der Waals surface area contributed by atoms with Crippen molar-refractivity contribution in [2.24, 2.45) is 0 Å². The molecule has 6 nitrogen and oxygen atoms in total. The Labute approximate surface area is 215 Å². The molecule has 7 heteroatoms. The minimum absolute atomic E-state index is 0.115. The zero-order valence-corrected chi connectivity index (χ0v) is 20.2. The molecule has 0 saturated heterocycles. The highest BCUT2D eigenvalue weighted by Gasteiger charge is 2.23. The first-order valence-electron chi connectivity index (χ1n) is 11.4. The van der Waals surface area contributed by atoms with E-state index in [1.807, 2.05) is 78.9 Å². The maximum Gasteiger partial charge on any atom is 0.262 e. The van der Waals surface area contributed by atoms with Crippen LogP contribution in [0.4, 0.5) is 11.4 Å². The first kappa shape index (κ1) is 24.6. The molecule has 36 heavy (non-hydrogen) atoms. The summed E-state index contributed by atoms with van der Waals surface area (Å²) in [6.07, 6.45) is 0. The van der Waals surface area contributed by atoms with Crippen molar-refractivity contribution in [1.82, 2.24) is 5.32 Å². The molecule has 0 unspecified atom stereocenters. The molecular formula is C29H25N3O3S. The Balaban J connectivity index is 1.36. The Morgan fingerprint density at radius 2 is 1.22 bits per heavy atom. The second-order valence-electron chi connectivity index (χ2n) is 7.93. The fourth-order valence-corrected chi connectivity index (χ4v) is 3.89. The van der Waals surface area contributed by atoms with Gasteiger partial charge in [-0.15, -0.1) is 0 Å². The molecule has 0 aromatic heterocycles. The second kappa shape index (κ2) is 12.3. The normalized spacial score (nSPS) is 10.4. The van der Waals surface area contributed by atoms with E-state index in [2.05, 4.69) is 16.0 Å². The van der Waals surface area contributed by atoms with Crippen LogP contribution in [0.2, 0.25) is 0 Å². The summed E-state index contributed by atoms with van der Waals surface area (Å²) < 4.78 is 5.48. The molecule has 4 rings (SSSR count). The Morgan fingerprint density at radius 3 is 1.81 bits per heavy atom. The third kappa shape index (κ3) is 7.01. The predicted octanol–water partition coefficient (Wildman–Crippen LogP) is 5.35. The summed E-state index contributed by atoms with van der Waals surface area (Å²) in [5.41, 5.74) is 2.93. The maximum absolute atomic E-state index is 13.2. The van der Waals surface area contributed by atoms with Crippen LogP contribution >= 0.6 is 12.2 Å². The lowest BCUT2D eigenvalue weighted by atomic mass is 9.90. The fourth-order valence-electron chi connectivity index (χ4n) is 3.67. The Hall–Kier alpha value is -4.49. The molecule has 0 aliphatic heterocycles. The van der Waals surface area contributed by atoms with E-state index in [0.29, 0.717) is 17.1 Å². The van der Waals surface area contributed by atoms with Crippen molar-refractivity contribution in [3.05, 3.63) is 126 Å².